The van der Waals surface area contributed by atoms with Crippen molar-refractivity contribution in [3.8, 4) is 5.75 Å². The first-order valence-corrected chi connectivity index (χ1v) is 11.0. The lowest BCUT2D eigenvalue weighted by Gasteiger charge is -2.32. The Morgan fingerprint density at radius 3 is 2.34 bits per heavy atom. The molecule has 0 unspecified atom stereocenters. The maximum atomic E-state index is 13.0. The molecule has 0 bridgehead atoms. The van der Waals surface area contributed by atoms with Crippen molar-refractivity contribution in [1.29, 1.82) is 0 Å². The SMILES string of the molecule is CCOC(=O)C1=C(CN(CC)c2ccccc2)NC(=O)N[C@@H]1c1ccc(OC(C)C)cc1. The number of para-hydroxylation sites is 1. The van der Waals surface area contributed by atoms with Gasteiger partial charge in [0.25, 0.3) is 0 Å². The van der Waals surface area contributed by atoms with Crippen molar-refractivity contribution in [3.05, 3.63) is 71.4 Å². The number of rotatable bonds is 9. The molecule has 170 valence electrons. The van der Waals surface area contributed by atoms with Gasteiger partial charge in [-0.1, -0.05) is 30.3 Å². The van der Waals surface area contributed by atoms with Crippen molar-refractivity contribution in [2.75, 3.05) is 24.6 Å². The van der Waals surface area contributed by atoms with Crippen molar-refractivity contribution < 1.29 is 19.1 Å². The number of likely N-dealkylation sites (N-methyl/N-ethyl adjacent to an activating group) is 1. The molecule has 32 heavy (non-hydrogen) atoms. The number of nitrogens with one attached hydrogen (secondary N) is 2. The van der Waals surface area contributed by atoms with E-state index in [0.717, 1.165) is 17.0 Å². The second kappa shape index (κ2) is 10.7. The third-order valence-electron chi connectivity index (χ3n) is 5.09. The highest BCUT2D eigenvalue weighted by atomic mass is 16.5. The number of nitrogens with zero attached hydrogens (tertiary/aromatic N) is 1. The predicted molar refractivity (Wildman–Crippen MR) is 125 cm³/mol. The van der Waals surface area contributed by atoms with E-state index in [1.165, 1.54) is 0 Å². The van der Waals surface area contributed by atoms with E-state index in [0.29, 0.717) is 24.4 Å². The fourth-order valence-electron chi connectivity index (χ4n) is 3.67. The molecule has 3 rings (SSSR count). The van der Waals surface area contributed by atoms with E-state index in [9.17, 15) is 9.59 Å². The molecule has 0 radical (unpaired) electrons. The summed E-state index contributed by atoms with van der Waals surface area (Å²) in [6, 6.07) is 16.3. The van der Waals surface area contributed by atoms with Gasteiger partial charge in [0.2, 0.25) is 0 Å². The first-order valence-electron chi connectivity index (χ1n) is 11.0. The summed E-state index contributed by atoms with van der Waals surface area (Å²) in [5, 5.41) is 5.72. The number of amides is 2. The lowest BCUT2D eigenvalue weighted by Crippen LogP contribution is -2.48. The van der Waals surface area contributed by atoms with Crippen LogP contribution in [0.25, 0.3) is 0 Å². The minimum Gasteiger partial charge on any atom is -0.491 e. The number of carbonyl (C=O) groups is 2. The van der Waals surface area contributed by atoms with Crippen molar-refractivity contribution in [2.24, 2.45) is 0 Å². The fraction of sp³-hybridized carbons (Fsp3) is 0.360. The number of hydrogen-bond acceptors (Lipinski definition) is 5. The van der Waals surface area contributed by atoms with Crippen LogP contribution in [-0.4, -0.2) is 37.8 Å². The van der Waals surface area contributed by atoms with Gasteiger partial charge in [0.05, 0.1) is 36.6 Å². The second-order valence-electron chi connectivity index (χ2n) is 7.73. The summed E-state index contributed by atoms with van der Waals surface area (Å²) in [6.45, 7) is 9.04. The molecular weight excluding hydrogens is 406 g/mol. The molecule has 0 saturated carbocycles. The largest absolute Gasteiger partial charge is 0.491 e. The molecule has 0 aromatic heterocycles. The van der Waals surface area contributed by atoms with Crippen LogP contribution < -0.4 is 20.3 Å². The van der Waals surface area contributed by atoms with Gasteiger partial charge < -0.3 is 25.0 Å². The van der Waals surface area contributed by atoms with Crippen LogP contribution in [0.3, 0.4) is 0 Å². The van der Waals surface area contributed by atoms with E-state index in [2.05, 4.69) is 15.5 Å². The monoisotopic (exact) mass is 437 g/mol. The average Bonchev–Trinajstić information content (AvgIpc) is 2.78. The lowest BCUT2D eigenvalue weighted by atomic mass is 9.94. The Balaban J connectivity index is 2.00. The molecule has 1 aliphatic heterocycles. The molecule has 0 spiro atoms. The van der Waals surface area contributed by atoms with Crippen LogP contribution in [0.5, 0.6) is 5.75 Å². The van der Waals surface area contributed by atoms with Gasteiger partial charge in [-0.25, -0.2) is 9.59 Å². The third-order valence-corrected chi connectivity index (χ3v) is 5.09. The Morgan fingerprint density at radius 1 is 1.06 bits per heavy atom. The van der Waals surface area contributed by atoms with Gasteiger partial charge >= 0.3 is 12.0 Å². The molecule has 7 nitrogen and oxygen atoms in total. The number of benzene rings is 2. The highest BCUT2D eigenvalue weighted by Gasteiger charge is 2.34. The average molecular weight is 438 g/mol. The van der Waals surface area contributed by atoms with E-state index in [1.54, 1.807) is 6.92 Å². The van der Waals surface area contributed by atoms with Crippen molar-refractivity contribution >= 4 is 17.7 Å². The second-order valence-corrected chi connectivity index (χ2v) is 7.73. The van der Waals surface area contributed by atoms with Gasteiger partial charge in [-0.3, -0.25) is 0 Å². The minimum absolute atomic E-state index is 0.0547. The van der Waals surface area contributed by atoms with Crippen LogP contribution >= 0.6 is 0 Å². The fourth-order valence-corrected chi connectivity index (χ4v) is 3.67. The van der Waals surface area contributed by atoms with Gasteiger partial charge in [0.1, 0.15) is 5.75 Å². The number of carbonyl (C=O) groups excluding carboxylic acids is 2. The van der Waals surface area contributed by atoms with E-state index in [1.807, 2.05) is 75.4 Å². The zero-order valence-corrected chi connectivity index (χ0v) is 19.1. The summed E-state index contributed by atoms with van der Waals surface area (Å²) in [6.07, 6.45) is 0.0547. The lowest BCUT2D eigenvalue weighted by molar-refractivity contribution is -0.139. The van der Waals surface area contributed by atoms with Gasteiger partial charge in [0.15, 0.2) is 0 Å². The molecule has 2 aromatic rings. The highest BCUT2D eigenvalue weighted by Crippen LogP contribution is 2.30. The predicted octanol–water partition coefficient (Wildman–Crippen LogP) is 4.17. The quantitative estimate of drug-likeness (QED) is 0.576. The van der Waals surface area contributed by atoms with Gasteiger partial charge in [-0.15, -0.1) is 0 Å². The highest BCUT2D eigenvalue weighted by molar-refractivity contribution is 5.95. The zero-order valence-electron chi connectivity index (χ0n) is 19.1. The Morgan fingerprint density at radius 2 is 1.75 bits per heavy atom. The molecule has 0 aliphatic carbocycles. The summed E-state index contributed by atoms with van der Waals surface area (Å²) in [4.78, 5) is 27.6. The van der Waals surface area contributed by atoms with Crippen LogP contribution in [0.4, 0.5) is 10.5 Å². The first kappa shape index (κ1) is 23.2. The van der Waals surface area contributed by atoms with Crippen LogP contribution in [0, 0.1) is 0 Å². The summed E-state index contributed by atoms with van der Waals surface area (Å²) in [5.41, 5.74) is 2.72. The molecule has 2 aromatic carbocycles. The zero-order chi connectivity index (χ0) is 23.1. The van der Waals surface area contributed by atoms with E-state index in [-0.39, 0.29) is 18.7 Å². The summed E-state index contributed by atoms with van der Waals surface area (Å²) >= 11 is 0. The van der Waals surface area contributed by atoms with Crippen LogP contribution in [0.1, 0.15) is 39.3 Å². The number of urea groups is 1. The Labute approximate surface area is 189 Å². The van der Waals surface area contributed by atoms with E-state index >= 15 is 0 Å². The molecular formula is C25H31N3O4. The molecule has 1 atom stereocenters. The van der Waals surface area contributed by atoms with Gasteiger partial charge in [-0.2, -0.15) is 0 Å². The molecule has 1 aliphatic rings. The van der Waals surface area contributed by atoms with Crippen LogP contribution in [0.15, 0.2) is 65.9 Å². The topological polar surface area (TPSA) is 79.9 Å². The van der Waals surface area contributed by atoms with Crippen LogP contribution in [0.2, 0.25) is 0 Å². The van der Waals surface area contributed by atoms with Gasteiger partial charge in [0, 0.05) is 12.2 Å². The summed E-state index contributed by atoms with van der Waals surface area (Å²) in [5.74, 6) is 0.277. The normalized spacial score (nSPS) is 15.8. The summed E-state index contributed by atoms with van der Waals surface area (Å²) < 4.78 is 11.1. The maximum absolute atomic E-state index is 13.0. The Bertz CT molecular complexity index is 955. The number of hydrogen-bond donors (Lipinski definition) is 2. The molecule has 7 heteroatoms. The van der Waals surface area contributed by atoms with Crippen molar-refractivity contribution in [3.63, 3.8) is 0 Å². The summed E-state index contributed by atoms with van der Waals surface area (Å²) in [7, 11) is 0. The van der Waals surface area contributed by atoms with Crippen molar-refractivity contribution in [2.45, 2.75) is 39.8 Å². The molecule has 2 N–H and O–H groups in total. The number of anilines is 1. The minimum atomic E-state index is -0.625. The molecule has 0 fully saturated rings. The molecule has 2 amide bonds. The maximum Gasteiger partial charge on any atom is 0.338 e. The first-order chi connectivity index (χ1) is 15.4. The number of esters is 1. The Hall–Kier alpha value is -3.48. The van der Waals surface area contributed by atoms with Crippen molar-refractivity contribution in [1.82, 2.24) is 10.6 Å². The number of ether oxygens (including phenoxy) is 2. The van der Waals surface area contributed by atoms with Crippen LogP contribution in [-0.2, 0) is 9.53 Å². The third kappa shape index (κ3) is 5.60. The Kier molecular flexibility index (Phi) is 7.76. The smallest absolute Gasteiger partial charge is 0.338 e. The van der Waals surface area contributed by atoms with E-state index in [4.69, 9.17) is 9.47 Å². The van der Waals surface area contributed by atoms with Gasteiger partial charge in [-0.05, 0) is 57.5 Å². The molecule has 1 heterocycles. The van der Waals surface area contributed by atoms with E-state index < -0.39 is 12.0 Å². The standard InChI is InChI=1S/C25H31N3O4/c1-5-28(19-10-8-7-9-11-19)16-21-22(24(29)31-6-2)23(27-25(30)26-21)18-12-14-20(15-13-18)32-17(3)4/h7-15,17,23H,5-6,16H2,1-4H3,(H2,26,27,30)/t23-/m1/s1. The molecule has 0 saturated heterocycles.